The second-order valence-electron chi connectivity index (χ2n) is 5.70. The number of hydrogen-bond acceptors (Lipinski definition) is 4. The Balaban J connectivity index is 1.85. The predicted octanol–water partition coefficient (Wildman–Crippen LogP) is 2.60. The van der Waals surface area contributed by atoms with E-state index in [2.05, 4.69) is 5.32 Å². The van der Waals surface area contributed by atoms with Gasteiger partial charge in [0.05, 0.1) is 19.8 Å². The third-order valence-electron chi connectivity index (χ3n) is 4.59. The lowest BCUT2D eigenvalue weighted by atomic mass is 9.86. The van der Waals surface area contributed by atoms with Gasteiger partial charge in [-0.2, -0.15) is 0 Å². The SMILES string of the molecule is CCOc1cccc(OCCC2CCCC2(CO)NC)c1. The van der Waals surface area contributed by atoms with Gasteiger partial charge in [0.1, 0.15) is 11.5 Å². The van der Waals surface area contributed by atoms with Gasteiger partial charge in [-0.1, -0.05) is 12.5 Å². The van der Waals surface area contributed by atoms with Crippen LogP contribution in [0.1, 0.15) is 32.6 Å². The molecule has 1 aromatic carbocycles. The maximum absolute atomic E-state index is 9.68. The second kappa shape index (κ2) is 7.66. The first kappa shape index (κ1) is 16.1. The summed E-state index contributed by atoms with van der Waals surface area (Å²) in [5.74, 6) is 2.16. The molecule has 0 bridgehead atoms. The summed E-state index contributed by atoms with van der Waals surface area (Å²) in [5, 5.41) is 13.0. The minimum atomic E-state index is -0.115. The maximum atomic E-state index is 9.68. The minimum Gasteiger partial charge on any atom is -0.494 e. The third-order valence-corrected chi connectivity index (χ3v) is 4.59. The van der Waals surface area contributed by atoms with Crippen molar-refractivity contribution in [3.63, 3.8) is 0 Å². The zero-order valence-corrected chi connectivity index (χ0v) is 13.1. The molecule has 2 atom stereocenters. The van der Waals surface area contributed by atoms with Crippen LogP contribution in [-0.4, -0.2) is 37.5 Å². The smallest absolute Gasteiger partial charge is 0.122 e. The fourth-order valence-electron chi connectivity index (χ4n) is 3.32. The molecule has 1 aliphatic rings. The highest BCUT2D eigenvalue weighted by Gasteiger charge is 2.40. The molecule has 4 nitrogen and oxygen atoms in total. The van der Waals surface area contributed by atoms with Crippen LogP contribution in [0.15, 0.2) is 24.3 Å². The van der Waals surface area contributed by atoms with E-state index in [0.29, 0.717) is 19.1 Å². The number of nitrogens with one attached hydrogen (secondary N) is 1. The van der Waals surface area contributed by atoms with E-state index in [1.54, 1.807) is 0 Å². The van der Waals surface area contributed by atoms with Crippen LogP contribution in [-0.2, 0) is 0 Å². The fraction of sp³-hybridized carbons (Fsp3) is 0.647. The molecule has 0 heterocycles. The lowest BCUT2D eigenvalue weighted by Crippen LogP contribution is -2.49. The average Bonchev–Trinajstić information content (AvgIpc) is 2.91. The van der Waals surface area contributed by atoms with Gasteiger partial charge < -0.3 is 19.9 Å². The molecule has 0 radical (unpaired) electrons. The molecule has 4 heteroatoms. The molecule has 1 fully saturated rings. The summed E-state index contributed by atoms with van der Waals surface area (Å²) >= 11 is 0. The summed E-state index contributed by atoms with van der Waals surface area (Å²) in [6.45, 7) is 3.50. The standard InChI is InChI=1S/C17H27NO3/c1-3-20-15-7-4-8-16(12-15)21-11-9-14-6-5-10-17(14,13-19)18-2/h4,7-8,12,14,18-19H,3,5-6,9-11,13H2,1-2H3. The molecule has 0 aromatic heterocycles. The van der Waals surface area contributed by atoms with Crippen LogP contribution >= 0.6 is 0 Å². The number of likely N-dealkylation sites (N-methyl/N-ethyl adjacent to an activating group) is 1. The lowest BCUT2D eigenvalue weighted by Gasteiger charge is -2.33. The van der Waals surface area contributed by atoms with Crippen LogP contribution in [0.4, 0.5) is 0 Å². The highest BCUT2D eigenvalue weighted by molar-refractivity contribution is 5.32. The van der Waals surface area contributed by atoms with Crippen molar-refractivity contribution >= 4 is 0 Å². The quantitative estimate of drug-likeness (QED) is 0.773. The average molecular weight is 293 g/mol. The van der Waals surface area contributed by atoms with Gasteiger partial charge in [-0.05, 0) is 51.3 Å². The Hall–Kier alpha value is -1.26. The van der Waals surface area contributed by atoms with Crippen LogP contribution in [0, 0.1) is 5.92 Å². The molecule has 0 aliphatic heterocycles. The zero-order valence-electron chi connectivity index (χ0n) is 13.1. The second-order valence-corrected chi connectivity index (χ2v) is 5.70. The molecule has 2 N–H and O–H groups in total. The minimum absolute atomic E-state index is 0.115. The van der Waals surface area contributed by atoms with Crippen molar-refractivity contribution in [2.45, 2.75) is 38.1 Å². The van der Waals surface area contributed by atoms with Gasteiger partial charge in [-0.15, -0.1) is 0 Å². The zero-order chi connectivity index (χ0) is 15.1. The third kappa shape index (κ3) is 3.89. The van der Waals surface area contributed by atoms with E-state index in [1.165, 1.54) is 6.42 Å². The van der Waals surface area contributed by atoms with Crippen molar-refractivity contribution in [3.05, 3.63) is 24.3 Å². The number of ether oxygens (including phenoxy) is 2. The van der Waals surface area contributed by atoms with Gasteiger partial charge in [-0.25, -0.2) is 0 Å². The van der Waals surface area contributed by atoms with Crippen LogP contribution in [0.2, 0.25) is 0 Å². The van der Waals surface area contributed by atoms with E-state index in [-0.39, 0.29) is 12.1 Å². The monoisotopic (exact) mass is 293 g/mol. The number of aliphatic hydroxyl groups is 1. The van der Waals surface area contributed by atoms with Gasteiger partial charge in [0.2, 0.25) is 0 Å². The number of rotatable bonds is 8. The maximum Gasteiger partial charge on any atom is 0.122 e. The van der Waals surface area contributed by atoms with Gasteiger partial charge in [-0.3, -0.25) is 0 Å². The molecule has 1 aromatic rings. The summed E-state index contributed by atoms with van der Waals surface area (Å²) < 4.78 is 11.3. The van der Waals surface area contributed by atoms with Gasteiger partial charge >= 0.3 is 0 Å². The van der Waals surface area contributed by atoms with E-state index in [0.717, 1.165) is 30.8 Å². The van der Waals surface area contributed by atoms with Crippen molar-refractivity contribution in [2.75, 3.05) is 26.9 Å². The molecule has 1 aliphatic carbocycles. The Morgan fingerprint density at radius 3 is 2.76 bits per heavy atom. The van der Waals surface area contributed by atoms with E-state index in [9.17, 15) is 5.11 Å². The van der Waals surface area contributed by atoms with Crippen molar-refractivity contribution in [2.24, 2.45) is 5.92 Å². The molecule has 1 saturated carbocycles. The Morgan fingerprint density at radius 1 is 1.33 bits per heavy atom. The van der Waals surface area contributed by atoms with E-state index >= 15 is 0 Å². The van der Waals surface area contributed by atoms with Crippen LogP contribution in [0.5, 0.6) is 11.5 Å². The lowest BCUT2D eigenvalue weighted by molar-refractivity contribution is 0.117. The van der Waals surface area contributed by atoms with E-state index < -0.39 is 0 Å². The normalized spacial score (nSPS) is 25.0. The highest BCUT2D eigenvalue weighted by atomic mass is 16.5. The predicted molar refractivity (Wildman–Crippen MR) is 83.9 cm³/mol. The summed E-state index contributed by atoms with van der Waals surface area (Å²) in [7, 11) is 1.95. The van der Waals surface area contributed by atoms with Crippen LogP contribution in [0.25, 0.3) is 0 Å². The largest absolute Gasteiger partial charge is 0.494 e. The van der Waals surface area contributed by atoms with Crippen molar-refractivity contribution < 1.29 is 14.6 Å². The van der Waals surface area contributed by atoms with Gasteiger partial charge in [0.15, 0.2) is 0 Å². The van der Waals surface area contributed by atoms with Crippen LogP contribution < -0.4 is 14.8 Å². The molecule has 2 unspecified atom stereocenters. The molecule has 118 valence electrons. The Kier molecular flexibility index (Phi) is 5.88. The molecule has 21 heavy (non-hydrogen) atoms. The first-order valence-electron chi connectivity index (χ1n) is 7.89. The molecule has 0 saturated heterocycles. The van der Waals surface area contributed by atoms with Gasteiger partial charge in [0, 0.05) is 11.6 Å². The molecule has 2 rings (SSSR count). The summed E-state index contributed by atoms with van der Waals surface area (Å²) in [4.78, 5) is 0. The van der Waals surface area contributed by atoms with Crippen LogP contribution in [0.3, 0.4) is 0 Å². The Labute approximate surface area is 127 Å². The molecular formula is C17H27NO3. The molecular weight excluding hydrogens is 266 g/mol. The van der Waals surface area contributed by atoms with Crippen molar-refractivity contribution in [1.82, 2.24) is 5.32 Å². The number of benzene rings is 1. The Bertz CT molecular complexity index is 432. The van der Waals surface area contributed by atoms with Crippen molar-refractivity contribution in [3.8, 4) is 11.5 Å². The summed E-state index contributed by atoms with van der Waals surface area (Å²) in [5.41, 5.74) is -0.115. The summed E-state index contributed by atoms with van der Waals surface area (Å²) in [6, 6.07) is 7.76. The first-order chi connectivity index (χ1) is 10.2. The number of aliphatic hydroxyl groups excluding tert-OH is 1. The van der Waals surface area contributed by atoms with E-state index in [1.807, 2.05) is 38.2 Å². The fourth-order valence-corrected chi connectivity index (χ4v) is 3.32. The summed E-state index contributed by atoms with van der Waals surface area (Å²) in [6.07, 6.45) is 4.33. The molecule has 0 spiro atoms. The first-order valence-corrected chi connectivity index (χ1v) is 7.89. The van der Waals surface area contributed by atoms with E-state index in [4.69, 9.17) is 9.47 Å². The Morgan fingerprint density at radius 2 is 2.10 bits per heavy atom. The number of hydrogen-bond donors (Lipinski definition) is 2. The molecule has 0 amide bonds. The van der Waals surface area contributed by atoms with Gasteiger partial charge in [0.25, 0.3) is 0 Å². The highest BCUT2D eigenvalue weighted by Crippen LogP contribution is 2.37. The topological polar surface area (TPSA) is 50.7 Å². The van der Waals surface area contributed by atoms with Crippen molar-refractivity contribution in [1.29, 1.82) is 0 Å².